The van der Waals surface area contributed by atoms with Crippen molar-refractivity contribution in [1.29, 1.82) is 0 Å². The second-order valence-corrected chi connectivity index (χ2v) is 4.65. The third kappa shape index (κ3) is 3.60. The van der Waals surface area contributed by atoms with Crippen LogP contribution in [0, 0.1) is 0 Å². The van der Waals surface area contributed by atoms with Crippen molar-refractivity contribution in [3.63, 3.8) is 0 Å². The second-order valence-electron chi connectivity index (χ2n) is 4.09. The number of benzene rings is 1. The number of methoxy groups -OCH3 is 2. The molecule has 7 heteroatoms. The molecule has 1 rings (SSSR count). The fraction of sp³-hybridized carbons (Fsp3) is 0.357. The van der Waals surface area contributed by atoms with Crippen molar-refractivity contribution in [3.05, 3.63) is 22.8 Å². The Kier molecular flexibility index (Phi) is 5.90. The zero-order chi connectivity index (χ0) is 16.2. The number of ether oxygens (including phenoxy) is 3. The average Bonchev–Trinajstić information content (AvgIpc) is 2.43. The van der Waals surface area contributed by atoms with Gasteiger partial charge in [0.15, 0.2) is 11.5 Å². The Hall–Kier alpha value is -1.89. The van der Waals surface area contributed by atoms with Crippen molar-refractivity contribution in [3.8, 4) is 11.5 Å². The largest absolute Gasteiger partial charge is 0.496 e. The number of Topliss-reactive ketones (excluding diaryl/α,β-unsaturated/α-hetero) is 1. The van der Waals surface area contributed by atoms with Crippen molar-refractivity contribution in [2.75, 3.05) is 14.2 Å². The number of ketones is 1. The number of carbonyl (C=O) groups excluding carboxylic acids is 3. The monoisotopic (exact) mass is 358 g/mol. The SMILES string of the molecule is COC(=O)c1c(CBr)cc(OC)c(C(C)=O)c1OC(C)=O. The quantitative estimate of drug-likeness (QED) is 0.348. The van der Waals surface area contributed by atoms with Crippen LogP contribution >= 0.6 is 15.9 Å². The third-order valence-corrected chi connectivity index (χ3v) is 3.28. The molecule has 6 nitrogen and oxygen atoms in total. The molecule has 0 aliphatic carbocycles. The predicted molar refractivity (Wildman–Crippen MR) is 78.3 cm³/mol. The van der Waals surface area contributed by atoms with E-state index >= 15 is 0 Å². The highest BCUT2D eigenvalue weighted by Crippen LogP contribution is 2.37. The Balaban J connectivity index is 3.80. The van der Waals surface area contributed by atoms with Gasteiger partial charge in [-0.25, -0.2) is 4.79 Å². The van der Waals surface area contributed by atoms with Crippen molar-refractivity contribution in [2.45, 2.75) is 19.2 Å². The first-order valence-electron chi connectivity index (χ1n) is 5.94. The summed E-state index contributed by atoms with van der Waals surface area (Å²) in [5, 5.41) is 0.292. The van der Waals surface area contributed by atoms with Crippen LogP contribution in [0.25, 0.3) is 0 Å². The van der Waals surface area contributed by atoms with E-state index in [4.69, 9.17) is 14.2 Å². The summed E-state index contributed by atoms with van der Waals surface area (Å²) in [6, 6.07) is 1.53. The van der Waals surface area contributed by atoms with Gasteiger partial charge in [0.1, 0.15) is 16.9 Å². The number of carbonyl (C=O) groups is 3. The van der Waals surface area contributed by atoms with E-state index in [0.29, 0.717) is 10.9 Å². The van der Waals surface area contributed by atoms with Crippen molar-refractivity contribution >= 4 is 33.7 Å². The molecule has 0 aliphatic heterocycles. The fourth-order valence-corrected chi connectivity index (χ4v) is 2.30. The molecule has 0 bridgehead atoms. The second kappa shape index (κ2) is 7.21. The molecule has 1 aromatic rings. The molecule has 0 aliphatic rings. The van der Waals surface area contributed by atoms with E-state index in [1.807, 2.05) is 0 Å². The molecule has 0 N–H and O–H groups in total. The molecule has 0 heterocycles. The predicted octanol–water partition coefficient (Wildman–Crippen LogP) is 2.50. The van der Waals surface area contributed by atoms with Crippen LogP contribution in [0.2, 0.25) is 0 Å². The zero-order valence-electron chi connectivity index (χ0n) is 12.1. The lowest BCUT2D eigenvalue weighted by atomic mass is 9.99. The highest BCUT2D eigenvalue weighted by Gasteiger charge is 2.28. The number of hydrogen-bond donors (Lipinski definition) is 0. The minimum absolute atomic E-state index is 0.0237. The van der Waals surface area contributed by atoms with Crippen LogP contribution in [0.3, 0.4) is 0 Å². The van der Waals surface area contributed by atoms with Gasteiger partial charge in [-0.15, -0.1) is 0 Å². The summed E-state index contributed by atoms with van der Waals surface area (Å²) in [6.07, 6.45) is 0. The molecule has 0 aromatic heterocycles. The lowest BCUT2D eigenvalue weighted by molar-refractivity contribution is -0.131. The van der Waals surface area contributed by atoms with E-state index in [2.05, 4.69) is 15.9 Å². The van der Waals surface area contributed by atoms with Crippen LogP contribution in [0.5, 0.6) is 11.5 Å². The normalized spacial score (nSPS) is 9.95. The van der Waals surface area contributed by atoms with Crippen LogP contribution in [0.15, 0.2) is 6.07 Å². The summed E-state index contributed by atoms with van der Waals surface area (Å²) in [7, 11) is 2.59. The smallest absolute Gasteiger partial charge is 0.342 e. The van der Waals surface area contributed by atoms with E-state index in [0.717, 1.165) is 0 Å². The summed E-state index contributed by atoms with van der Waals surface area (Å²) < 4.78 is 14.9. The number of esters is 2. The summed E-state index contributed by atoms with van der Waals surface area (Å²) in [6.45, 7) is 2.47. The Morgan fingerprint density at radius 3 is 2.14 bits per heavy atom. The zero-order valence-corrected chi connectivity index (χ0v) is 13.7. The van der Waals surface area contributed by atoms with Gasteiger partial charge in [-0.1, -0.05) is 15.9 Å². The van der Waals surface area contributed by atoms with Crippen molar-refractivity contribution in [2.24, 2.45) is 0 Å². The number of hydrogen-bond acceptors (Lipinski definition) is 6. The van der Waals surface area contributed by atoms with Crippen LogP contribution in [-0.2, 0) is 14.9 Å². The fourth-order valence-electron chi connectivity index (χ4n) is 1.86. The summed E-state index contributed by atoms with van der Waals surface area (Å²) >= 11 is 3.24. The van der Waals surface area contributed by atoms with Crippen molar-refractivity contribution < 1.29 is 28.6 Å². The van der Waals surface area contributed by atoms with Gasteiger partial charge in [-0.3, -0.25) is 9.59 Å². The molecule has 0 saturated heterocycles. The lowest BCUT2D eigenvalue weighted by Gasteiger charge is -2.17. The molecule has 21 heavy (non-hydrogen) atoms. The van der Waals surface area contributed by atoms with Gasteiger partial charge >= 0.3 is 11.9 Å². The van der Waals surface area contributed by atoms with Gasteiger partial charge in [0.05, 0.1) is 14.2 Å². The van der Waals surface area contributed by atoms with E-state index in [1.165, 1.54) is 34.1 Å². The van der Waals surface area contributed by atoms with Crippen molar-refractivity contribution in [1.82, 2.24) is 0 Å². The standard InChI is InChI=1S/C14H15BrO6/c1-7(16)11-10(19-3)5-9(6-15)12(14(18)20-4)13(11)21-8(2)17/h5H,6H2,1-4H3. The Morgan fingerprint density at radius 1 is 1.14 bits per heavy atom. The maximum atomic E-state index is 12.0. The summed E-state index contributed by atoms with van der Waals surface area (Å²) in [5.41, 5.74) is 0.535. The first kappa shape index (κ1) is 17.2. The molecule has 1 aromatic carbocycles. The molecular formula is C14H15BrO6. The van der Waals surface area contributed by atoms with Crippen LogP contribution in [0.4, 0.5) is 0 Å². The molecule has 0 amide bonds. The van der Waals surface area contributed by atoms with Gasteiger partial charge in [-0.05, 0) is 18.6 Å². The summed E-state index contributed by atoms with van der Waals surface area (Å²) in [5.74, 6) is -1.67. The topological polar surface area (TPSA) is 78.9 Å². The van der Waals surface area contributed by atoms with E-state index < -0.39 is 17.7 Å². The number of rotatable bonds is 5. The number of alkyl halides is 1. The molecule has 0 atom stereocenters. The molecular weight excluding hydrogens is 344 g/mol. The highest BCUT2D eigenvalue weighted by atomic mass is 79.9. The first-order valence-corrected chi connectivity index (χ1v) is 7.06. The summed E-state index contributed by atoms with van der Waals surface area (Å²) in [4.78, 5) is 35.2. The Bertz CT molecular complexity index is 594. The van der Waals surface area contributed by atoms with Crippen LogP contribution in [-0.4, -0.2) is 31.9 Å². The molecule has 0 spiro atoms. The molecule has 0 saturated carbocycles. The minimum atomic E-state index is -0.703. The molecule has 0 radical (unpaired) electrons. The van der Waals surface area contributed by atoms with E-state index in [9.17, 15) is 14.4 Å². The van der Waals surface area contributed by atoms with E-state index in [-0.39, 0.29) is 22.6 Å². The first-order chi connectivity index (χ1) is 9.87. The van der Waals surface area contributed by atoms with Crippen LogP contribution < -0.4 is 9.47 Å². The van der Waals surface area contributed by atoms with Gasteiger partial charge in [0.2, 0.25) is 0 Å². The Morgan fingerprint density at radius 2 is 1.76 bits per heavy atom. The third-order valence-electron chi connectivity index (χ3n) is 2.68. The van der Waals surface area contributed by atoms with Gasteiger partial charge in [0, 0.05) is 12.3 Å². The van der Waals surface area contributed by atoms with Gasteiger partial charge in [0.25, 0.3) is 0 Å². The average molecular weight is 359 g/mol. The Labute approximate surface area is 130 Å². The molecule has 0 unspecified atom stereocenters. The molecule has 0 fully saturated rings. The maximum absolute atomic E-state index is 12.0. The molecule has 114 valence electrons. The number of halogens is 1. The lowest BCUT2D eigenvalue weighted by Crippen LogP contribution is -2.15. The van der Waals surface area contributed by atoms with Crippen LogP contribution in [0.1, 0.15) is 40.1 Å². The highest BCUT2D eigenvalue weighted by molar-refractivity contribution is 9.08. The van der Waals surface area contributed by atoms with Gasteiger partial charge in [-0.2, -0.15) is 0 Å². The maximum Gasteiger partial charge on any atom is 0.342 e. The van der Waals surface area contributed by atoms with Gasteiger partial charge < -0.3 is 14.2 Å². The van der Waals surface area contributed by atoms with E-state index in [1.54, 1.807) is 0 Å². The minimum Gasteiger partial charge on any atom is -0.496 e.